The lowest BCUT2D eigenvalue weighted by atomic mass is 10.2. The third-order valence-corrected chi connectivity index (χ3v) is 5.17. The fourth-order valence-corrected chi connectivity index (χ4v) is 3.70. The third-order valence-electron chi connectivity index (χ3n) is 5.17. The molecule has 0 atom stereocenters. The van der Waals surface area contributed by atoms with Gasteiger partial charge in [0, 0.05) is 55.9 Å². The minimum Gasteiger partial charge on any atom is -0.368 e. The average Bonchev–Trinajstić information content (AvgIpc) is 2.75. The van der Waals surface area contributed by atoms with Gasteiger partial charge in [0.15, 0.2) is 0 Å². The van der Waals surface area contributed by atoms with Crippen molar-refractivity contribution in [1.29, 1.82) is 0 Å². The summed E-state index contributed by atoms with van der Waals surface area (Å²) in [5.74, 6) is 1.79. The molecule has 0 unspecified atom stereocenters. The van der Waals surface area contributed by atoms with E-state index in [0.717, 1.165) is 55.9 Å². The summed E-state index contributed by atoms with van der Waals surface area (Å²) in [7, 11) is 0. The molecule has 0 amide bonds. The fraction of sp³-hybridized carbons (Fsp3) is 0.304. The van der Waals surface area contributed by atoms with E-state index in [4.69, 9.17) is 9.97 Å². The fourth-order valence-electron chi connectivity index (χ4n) is 3.70. The number of hydrogen-bond acceptors (Lipinski definition) is 5. The van der Waals surface area contributed by atoms with Crippen LogP contribution in [-0.4, -0.2) is 42.7 Å². The molecular formula is C23H27N5. The zero-order chi connectivity index (χ0) is 19.3. The number of aryl methyl sites for hydroxylation is 1. The van der Waals surface area contributed by atoms with Crippen LogP contribution in [0.5, 0.6) is 0 Å². The van der Waals surface area contributed by atoms with Gasteiger partial charge in [0.2, 0.25) is 5.95 Å². The topological polar surface area (TPSA) is 35.5 Å². The molecule has 28 heavy (non-hydrogen) atoms. The van der Waals surface area contributed by atoms with E-state index in [2.05, 4.69) is 82.3 Å². The third kappa shape index (κ3) is 3.93. The number of hydrogen-bond donors (Lipinski definition) is 0. The summed E-state index contributed by atoms with van der Waals surface area (Å²) < 4.78 is 0. The predicted molar refractivity (Wildman–Crippen MR) is 117 cm³/mol. The zero-order valence-electron chi connectivity index (χ0n) is 16.6. The lowest BCUT2D eigenvalue weighted by Crippen LogP contribution is -2.47. The van der Waals surface area contributed by atoms with E-state index in [1.165, 1.54) is 5.69 Å². The van der Waals surface area contributed by atoms with E-state index < -0.39 is 0 Å². The molecule has 4 rings (SSSR count). The van der Waals surface area contributed by atoms with Crippen molar-refractivity contribution in [2.45, 2.75) is 13.8 Å². The maximum Gasteiger partial charge on any atom is 0.227 e. The number of benzene rings is 2. The lowest BCUT2D eigenvalue weighted by molar-refractivity contribution is 0.639. The normalized spacial score (nSPS) is 14.2. The minimum absolute atomic E-state index is 0.831. The summed E-state index contributed by atoms with van der Waals surface area (Å²) in [5, 5.41) is 0. The standard InChI is InChI=1S/C23H27N5/c1-3-28(21-12-8-5-9-13-21)22-18-19(2)24-23(25-22)27-16-14-26(15-17-27)20-10-6-4-7-11-20/h4-13,18H,3,14-17H2,1-2H3. The van der Waals surface area contributed by atoms with E-state index in [-0.39, 0.29) is 0 Å². The van der Waals surface area contributed by atoms with Crippen molar-refractivity contribution in [2.75, 3.05) is 47.4 Å². The molecule has 2 heterocycles. The molecule has 0 N–H and O–H groups in total. The van der Waals surface area contributed by atoms with Crippen LogP contribution in [0, 0.1) is 6.92 Å². The summed E-state index contributed by atoms with van der Waals surface area (Å²) >= 11 is 0. The summed E-state index contributed by atoms with van der Waals surface area (Å²) in [6.07, 6.45) is 0. The van der Waals surface area contributed by atoms with Crippen LogP contribution in [0.3, 0.4) is 0 Å². The first-order chi connectivity index (χ1) is 13.7. The Balaban J connectivity index is 1.53. The molecule has 1 aliphatic rings. The molecule has 3 aromatic rings. The van der Waals surface area contributed by atoms with Gasteiger partial charge >= 0.3 is 0 Å². The van der Waals surface area contributed by atoms with E-state index in [9.17, 15) is 0 Å². The summed E-state index contributed by atoms with van der Waals surface area (Å²) in [6.45, 7) is 8.88. The van der Waals surface area contributed by atoms with Crippen molar-refractivity contribution >= 4 is 23.1 Å². The maximum atomic E-state index is 4.92. The van der Waals surface area contributed by atoms with Crippen LogP contribution < -0.4 is 14.7 Å². The van der Waals surface area contributed by atoms with Crippen molar-refractivity contribution in [3.05, 3.63) is 72.4 Å². The zero-order valence-corrected chi connectivity index (χ0v) is 16.6. The quantitative estimate of drug-likeness (QED) is 0.667. The highest BCUT2D eigenvalue weighted by molar-refractivity contribution is 5.61. The van der Waals surface area contributed by atoms with Gasteiger partial charge in [-0.1, -0.05) is 36.4 Å². The molecular weight excluding hydrogens is 346 g/mol. The highest BCUT2D eigenvalue weighted by atomic mass is 15.3. The first-order valence-corrected chi connectivity index (χ1v) is 9.98. The molecule has 0 radical (unpaired) electrons. The number of para-hydroxylation sites is 2. The van der Waals surface area contributed by atoms with Gasteiger partial charge < -0.3 is 14.7 Å². The van der Waals surface area contributed by atoms with Crippen molar-refractivity contribution < 1.29 is 0 Å². The van der Waals surface area contributed by atoms with Crippen LogP contribution in [0.25, 0.3) is 0 Å². The molecule has 1 aliphatic heterocycles. The largest absolute Gasteiger partial charge is 0.368 e. The van der Waals surface area contributed by atoms with Crippen molar-refractivity contribution in [3.8, 4) is 0 Å². The number of piperazine rings is 1. The Labute approximate surface area is 167 Å². The highest BCUT2D eigenvalue weighted by Crippen LogP contribution is 2.26. The summed E-state index contributed by atoms with van der Waals surface area (Å²) in [5.41, 5.74) is 3.44. The van der Waals surface area contributed by atoms with Gasteiger partial charge in [-0.15, -0.1) is 0 Å². The van der Waals surface area contributed by atoms with Crippen LogP contribution >= 0.6 is 0 Å². The molecule has 5 heteroatoms. The van der Waals surface area contributed by atoms with E-state index >= 15 is 0 Å². The average molecular weight is 374 g/mol. The van der Waals surface area contributed by atoms with Crippen LogP contribution in [0.4, 0.5) is 23.1 Å². The van der Waals surface area contributed by atoms with Gasteiger partial charge in [-0.2, -0.15) is 4.98 Å². The number of aromatic nitrogens is 2. The second kappa shape index (κ2) is 8.30. The Morgan fingerprint density at radius 1 is 0.821 bits per heavy atom. The molecule has 0 spiro atoms. The Morgan fingerprint density at radius 3 is 2.07 bits per heavy atom. The van der Waals surface area contributed by atoms with Crippen molar-refractivity contribution in [1.82, 2.24) is 9.97 Å². The molecule has 1 fully saturated rings. The molecule has 1 aromatic heterocycles. The Bertz CT molecular complexity index is 889. The van der Waals surface area contributed by atoms with E-state index in [0.29, 0.717) is 0 Å². The van der Waals surface area contributed by atoms with E-state index in [1.807, 2.05) is 13.0 Å². The van der Waals surface area contributed by atoms with Gasteiger partial charge in [-0.05, 0) is 38.1 Å². The number of rotatable bonds is 5. The number of nitrogens with zero attached hydrogens (tertiary/aromatic N) is 5. The Kier molecular flexibility index (Phi) is 5.42. The monoisotopic (exact) mass is 373 g/mol. The molecule has 144 valence electrons. The van der Waals surface area contributed by atoms with Crippen molar-refractivity contribution in [3.63, 3.8) is 0 Å². The highest BCUT2D eigenvalue weighted by Gasteiger charge is 2.21. The molecule has 0 bridgehead atoms. The van der Waals surface area contributed by atoms with Crippen molar-refractivity contribution in [2.24, 2.45) is 0 Å². The molecule has 1 saturated heterocycles. The van der Waals surface area contributed by atoms with Crippen LogP contribution in [-0.2, 0) is 0 Å². The predicted octanol–water partition coefficient (Wildman–Crippen LogP) is 4.27. The first-order valence-electron chi connectivity index (χ1n) is 9.98. The van der Waals surface area contributed by atoms with Gasteiger partial charge in [0.25, 0.3) is 0 Å². The van der Waals surface area contributed by atoms with Gasteiger partial charge in [-0.3, -0.25) is 0 Å². The Morgan fingerprint density at radius 2 is 1.43 bits per heavy atom. The SMILES string of the molecule is CCN(c1ccccc1)c1cc(C)nc(N2CCN(c3ccccc3)CC2)n1. The molecule has 2 aromatic carbocycles. The van der Waals surface area contributed by atoms with Crippen LogP contribution in [0.1, 0.15) is 12.6 Å². The first kappa shape index (κ1) is 18.3. The molecule has 5 nitrogen and oxygen atoms in total. The lowest BCUT2D eigenvalue weighted by Gasteiger charge is -2.36. The van der Waals surface area contributed by atoms with Crippen LogP contribution in [0.15, 0.2) is 66.7 Å². The smallest absolute Gasteiger partial charge is 0.227 e. The second-order valence-corrected chi connectivity index (χ2v) is 7.06. The number of anilines is 4. The summed E-state index contributed by atoms with van der Waals surface area (Å²) in [6, 6.07) is 23.1. The molecule has 0 saturated carbocycles. The molecule has 0 aliphatic carbocycles. The Hall–Kier alpha value is -3.08. The maximum absolute atomic E-state index is 4.92. The van der Waals surface area contributed by atoms with Gasteiger partial charge in [-0.25, -0.2) is 4.98 Å². The second-order valence-electron chi connectivity index (χ2n) is 7.06. The van der Waals surface area contributed by atoms with Crippen LogP contribution in [0.2, 0.25) is 0 Å². The minimum atomic E-state index is 0.831. The van der Waals surface area contributed by atoms with Gasteiger partial charge in [0.05, 0.1) is 0 Å². The summed E-state index contributed by atoms with van der Waals surface area (Å²) in [4.78, 5) is 16.6. The van der Waals surface area contributed by atoms with Gasteiger partial charge in [0.1, 0.15) is 5.82 Å². The van der Waals surface area contributed by atoms with E-state index in [1.54, 1.807) is 0 Å².